The molecule has 0 aromatic carbocycles. The first-order valence-electron chi connectivity index (χ1n) is 8.05. The predicted molar refractivity (Wildman–Crippen MR) is 82.5 cm³/mol. The van der Waals surface area contributed by atoms with E-state index in [0.717, 1.165) is 25.9 Å². The average Bonchev–Trinajstić information content (AvgIpc) is 2.48. The lowest BCUT2D eigenvalue weighted by molar-refractivity contribution is 0.150. The second-order valence-electron chi connectivity index (χ2n) is 6.35. The molecular weight excluding hydrogens is 250 g/mol. The molecule has 0 spiro atoms. The Balaban J connectivity index is 1.71. The summed E-state index contributed by atoms with van der Waals surface area (Å²) < 4.78 is 0. The molecule has 20 heavy (non-hydrogen) atoms. The lowest BCUT2D eigenvalue weighted by Gasteiger charge is -2.34. The van der Waals surface area contributed by atoms with E-state index >= 15 is 0 Å². The van der Waals surface area contributed by atoms with E-state index < -0.39 is 0 Å². The number of carbonyl (C=O) groups is 1. The van der Waals surface area contributed by atoms with Crippen molar-refractivity contribution in [2.24, 2.45) is 5.92 Å². The molecule has 0 aromatic heterocycles. The van der Waals surface area contributed by atoms with Gasteiger partial charge in [0.25, 0.3) is 0 Å². The minimum atomic E-state index is 0.0339. The van der Waals surface area contributed by atoms with Crippen LogP contribution in [-0.2, 0) is 0 Å². The van der Waals surface area contributed by atoms with Crippen LogP contribution in [0.5, 0.6) is 0 Å². The number of hydrogen-bond acceptors (Lipinski definition) is 2. The lowest BCUT2D eigenvalue weighted by Crippen LogP contribution is -2.47. The van der Waals surface area contributed by atoms with E-state index in [1.54, 1.807) is 0 Å². The van der Waals surface area contributed by atoms with Crippen molar-refractivity contribution >= 4 is 6.03 Å². The maximum Gasteiger partial charge on any atom is 0.321 e. The SMILES string of the molecule is CN1CCC(N(C)C(=O)N/C=C/C2CCCCC2)CC1. The van der Waals surface area contributed by atoms with Crippen molar-refractivity contribution in [3.63, 3.8) is 0 Å². The molecule has 2 amide bonds. The van der Waals surface area contributed by atoms with Crippen LogP contribution >= 0.6 is 0 Å². The van der Waals surface area contributed by atoms with E-state index in [1.165, 1.54) is 32.1 Å². The largest absolute Gasteiger partial charge is 0.325 e. The number of carbonyl (C=O) groups excluding carboxylic acids is 1. The molecule has 4 heteroatoms. The fourth-order valence-electron chi connectivity index (χ4n) is 3.23. The van der Waals surface area contributed by atoms with Crippen LogP contribution in [0.4, 0.5) is 4.79 Å². The van der Waals surface area contributed by atoms with Gasteiger partial charge in [0.05, 0.1) is 0 Å². The molecule has 1 heterocycles. The molecule has 2 fully saturated rings. The molecule has 4 nitrogen and oxygen atoms in total. The van der Waals surface area contributed by atoms with Crippen molar-refractivity contribution in [3.05, 3.63) is 12.3 Å². The number of nitrogens with one attached hydrogen (secondary N) is 1. The number of allylic oxidation sites excluding steroid dienone is 1. The number of piperidine rings is 1. The lowest BCUT2D eigenvalue weighted by atomic mass is 9.89. The zero-order valence-electron chi connectivity index (χ0n) is 13.0. The van der Waals surface area contributed by atoms with Crippen LogP contribution < -0.4 is 5.32 Å². The van der Waals surface area contributed by atoms with Gasteiger partial charge in [0.2, 0.25) is 0 Å². The number of amides is 2. The number of rotatable bonds is 3. The minimum absolute atomic E-state index is 0.0339. The van der Waals surface area contributed by atoms with Gasteiger partial charge in [-0.3, -0.25) is 0 Å². The fourth-order valence-corrected chi connectivity index (χ4v) is 3.23. The monoisotopic (exact) mass is 279 g/mol. The van der Waals surface area contributed by atoms with Gasteiger partial charge in [0, 0.05) is 19.3 Å². The van der Waals surface area contributed by atoms with Gasteiger partial charge in [-0.25, -0.2) is 4.79 Å². The summed E-state index contributed by atoms with van der Waals surface area (Å²) in [6.45, 7) is 2.17. The van der Waals surface area contributed by atoms with Crippen LogP contribution in [0.3, 0.4) is 0 Å². The summed E-state index contributed by atoms with van der Waals surface area (Å²) in [5, 5.41) is 2.93. The zero-order chi connectivity index (χ0) is 14.4. The van der Waals surface area contributed by atoms with Crippen molar-refractivity contribution in [2.75, 3.05) is 27.2 Å². The van der Waals surface area contributed by atoms with Gasteiger partial charge in [0.1, 0.15) is 0 Å². The Labute approximate surface area is 123 Å². The number of hydrogen-bond donors (Lipinski definition) is 1. The Morgan fingerprint density at radius 3 is 2.45 bits per heavy atom. The highest BCUT2D eigenvalue weighted by Gasteiger charge is 2.23. The molecule has 0 radical (unpaired) electrons. The Hall–Kier alpha value is -1.03. The van der Waals surface area contributed by atoms with E-state index in [1.807, 2.05) is 18.1 Å². The molecule has 1 saturated heterocycles. The zero-order valence-corrected chi connectivity index (χ0v) is 13.0. The van der Waals surface area contributed by atoms with E-state index in [-0.39, 0.29) is 6.03 Å². The molecule has 0 atom stereocenters. The maximum absolute atomic E-state index is 12.1. The van der Waals surface area contributed by atoms with Crippen molar-refractivity contribution in [1.82, 2.24) is 15.1 Å². The van der Waals surface area contributed by atoms with Gasteiger partial charge in [0.15, 0.2) is 0 Å². The first-order chi connectivity index (χ1) is 9.66. The second-order valence-corrected chi connectivity index (χ2v) is 6.35. The summed E-state index contributed by atoms with van der Waals surface area (Å²) in [5.41, 5.74) is 0. The summed E-state index contributed by atoms with van der Waals surface area (Å²) >= 11 is 0. The molecule has 2 rings (SSSR count). The molecule has 0 aromatic rings. The third-order valence-corrected chi connectivity index (χ3v) is 4.78. The first kappa shape index (κ1) is 15.4. The molecule has 0 bridgehead atoms. The third kappa shape index (κ3) is 4.51. The minimum Gasteiger partial charge on any atom is -0.325 e. The molecule has 1 aliphatic heterocycles. The molecule has 1 aliphatic carbocycles. The normalized spacial score (nSPS) is 23.1. The van der Waals surface area contributed by atoms with Gasteiger partial charge in [-0.05, 0) is 51.7 Å². The standard InChI is InChI=1S/C16H29N3O/c1-18-12-9-15(10-13-18)19(2)16(20)17-11-8-14-6-4-3-5-7-14/h8,11,14-15H,3-7,9-10,12-13H2,1-2H3,(H,17,20)/b11-8+. The van der Waals surface area contributed by atoms with Gasteiger partial charge in [-0.2, -0.15) is 0 Å². The van der Waals surface area contributed by atoms with Crippen LogP contribution in [0, 0.1) is 5.92 Å². The molecule has 1 N–H and O–H groups in total. The van der Waals surface area contributed by atoms with Crippen LogP contribution in [0.15, 0.2) is 12.3 Å². The average molecular weight is 279 g/mol. The number of nitrogens with zero attached hydrogens (tertiary/aromatic N) is 2. The van der Waals surface area contributed by atoms with Gasteiger partial charge in [-0.15, -0.1) is 0 Å². The van der Waals surface area contributed by atoms with Crippen LogP contribution in [0.25, 0.3) is 0 Å². The summed E-state index contributed by atoms with van der Waals surface area (Å²) in [5.74, 6) is 0.665. The summed E-state index contributed by atoms with van der Waals surface area (Å²) in [6.07, 6.45) is 12.8. The highest BCUT2D eigenvalue weighted by molar-refractivity contribution is 5.75. The Morgan fingerprint density at radius 1 is 1.15 bits per heavy atom. The summed E-state index contributed by atoms with van der Waals surface area (Å²) in [6, 6.07) is 0.417. The fraction of sp³-hybridized carbons (Fsp3) is 0.812. The van der Waals surface area contributed by atoms with E-state index in [9.17, 15) is 4.79 Å². The second kappa shape index (κ2) is 7.67. The van der Waals surface area contributed by atoms with Crippen LogP contribution in [0.1, 0.15) is 44.9 Å². The summed E-state index contributed by atoms with van der Waals surface area (Å²) in [7, 11) is 4.06. The van der Waals surface area contributed by atoms with Gasteiger partial charge < -0.3 is 15.1 Å². The van der Waals surface area contributed by atoms with Crippen molar-refractivity contribution in [3.8, 4) is 0 Å². The van der Waals surface area contributed by atoms with Gasteiger partial charge in [-0.1, -0.05) is 25.3 Å². The summed E-state index contributed by atoms with van der Waals surface area (Å²) in [4.78, 5) is 16.3. The Morgan fingerprint density at radius 2 is 1.80 bits per heavy atom. The highest BCUT2D eigenvalue weighted by Crippen LogP contribution is 2.24. The van der Waals surface area contributed by atoms with Crippen molar-refractivity contribution in [2.45, 2.75) is 51.0 Å². The molecule has 114 valence electrons. The smallest absolute Gasteiger partial charge is 0.321 e. The van der Waals surface area contributed by atoms with E-state index in [2.05, 4.69) is 23.3 Å². The van der Waals surface area contributed by atoms with Crippen molar-refractivity contribution in [1.29, 1.82) is 0 Å². The quantitative estimate of drug-likeness (QED) is 0.862. The topological polar surface area (TPSA) is 35.6 Å². The molecule has 0 unspecified atom stereocenters. The van der Waals surface area contributed by atoms with Gasteiger partial charge >= 0.3 is 6.03 Å². The first-order valence-corrected chi connectivity index (χ1v) is 8.05. The predicted octanol–water partition coefficient (Wildman–Crippen LogP) is 2.82. The van der Waals surface area contributed by atoms with E-state index in [4.69, 9.17) is 0 Å². The van der Waals surface area contributed by atoms with Crippen LogP contribution in [-0.4, -0.2) is 49.1 Å². The van der Waals surface area contributed by atoms with E-state index in [0.29, 0.717) is 12.0 Å². The van der Waals surface area contributed by atoms with Crippen molar-refractivity contribution < 1.29 is 4.79 Å². The molecule has 1 saturated carbocycles. The molecule has 2 aliphatic rings. The molecular formula is C16H29N3O. The highest BCUT2D eigenvalue weighted by atomic mass is 16.2. The Kier molecular flexibility index (Phi) is 5.89. The maximum atomic E-state index is 12.1. The van der Waals surface area contributed by atoms with Crippen LogP contribution in [0.2, 0.25) is 0 Å². The third-order valence-electron chi connectivity index (χ3n) is 4.78. The number of likely N-dealkylation sites (tertiary alicyclic amines) is 1. The number of urea groups is 1. The Bertz CT molecular complexity index is 329.